The van der Waals surface area contributed by atoms with Crippen molar-refractivity contribution in [1.82, 2.24) is 10.2 Å². The molecular weight excluding hydrogens is 368 g/mol. The minimum Gasteiger partial charge on any atom is -0.497 e. The Kier molecular flexibility index (Phi) is 6.73. The second-order valence-corrected chi connectivity index (χ2v) is 7.52. The average molecular weight is 396 g/mol. The quantitative estimate of drug-likeness (QED) is 0.580. The molecule has 0 unspecified atom stereocenters. The van der Waals surface area contributed by atoms with Crippen molar-refractivity contribution in [2.45, 2.75) is 51.1 Å². The van der Waals surface area contributed by atoms with Crippen LogP contribution < -0.4 is 14.8 Å². The van der Waals surface area contributed by atoms with Gasteiger partial charge in [-0.15, -0.1) is 0 Å². The van der Waals surface area contributed by atoms with E-state index >= 15 is 0 Å². The van der Waals surface area contributed by atoms with Gasteiger partial charge in [0, 0.05) is 11.6 Å². The Morgan fingerprint density at radius 1 is 1.29 bits per heavy atom. The van der Waals surface area contributed by atoms with Crippen molar-refractivity contribution >= 4 is 12.0 Å². The summed E-state index contributed by atoms with van der Waals surface area (Å²) in [6.07, 6.45) is -1.91. The monoisotopic (exact) mass is 396 g/mol. The minimum atomic E-state index is -1.20. The number of hydrogen-bond donors (Lipinski definition) is 3. The van der Waals surface area contributed by atoms with Crippen molar-refractivity contribution in [3.05, 3.63) is 23.8 Å². The van der Waals surface area contributed by atoms with Gasteiger partial charge in [-0.1, -0.05) is 0 Å². The van der Waals surface area contributed by atoms with E-state index in [4.69, 9.17) is 14.2 Å². The molecule has 1 saturated heterocycles. The fourth-order valence-corrected chi connectivity index (χ4v) is 2.91. The summed E-state index contributed by atoms with van der Waals surface area (Å²) < 4.78 is 16.0. The number of carbonyl (C=O) groups is 2. The fraction of sp³-hybridized carbons (Fsp3) is 0.579. The van der Waals surface area contributed by atoms with Crippen molar-refractivity contribution in [2.75, 3.05) is 20.8 Å². The molecule has 9 heteroatoms. The van der Waals surface area contributed by atoms with Crippen LogP contribution in [-0.4, -0.2) is 71.7 Å². The van der Waals surface area contributed by atoms with Gasteiger partial charge in [-0.25, -0.2) is 4.79 Å². The Balaban J connectivity index is 2.36. The van der Waals surface area contributed by atoms with E-state index in [1.165, 1.54) is 19.1 Å². The Bertz CT molecular complexity index is 717. The molecule has 2 amide bonds. The number of aliphatic hydroxyl groups excluding tert-OH is 2. The van der Waals surface area contributed by atoms with Crippen LogP contribution in [0.1, 0.15) is 26.3 Å². The van der Waals surface area contributed by atoms with Gasteiger partial charge in [0.15, 0.2) is 0 Å². The molecule has 28 heavy (non-hydrogen) atoms. The summed E-state index contributed by atoms with van der Waals surface area (Å²) in [5.41, 5.74) is -0.143. The number of β-lactam (4-membered cyclic amide) rings is 1. The van der Waals surface area contributed by atoms with Gasteiger partial charge < -0.3 is 29.7 Å². The highest BCUT2D eigenvalue weighted by Gasteiger charge is 2.49. The molecular formula is C19H28N2O7. The molecule has 9 nitrogen and oxygen atoms in total. The first-order valence-corrected chi connectivity index (χ1v) is 8.91. The van der Waals surface area contributed by atoms with E-state index in [0.717, 1.165) is 0 Å². The van der Waals surface area contributed by atoms with E-state index in [9.17, 15) is 19.8 Å². The maximum atomic E-state index is 12.8. The molecule has 0 radical (unpaired) electrons. The van der Waals surface area contributed by atoms with E-state index in [-0.39, 0.29) is 6.54 Å². The molecule has 156 valence electrons. The highest BCUT2D eigenvalue weighted by atomic mass is 16.6. The van der Waals surface area contributed by atoms with Crippen LogP contribution in [0.5, 0.6) is 11.5 Å². The second-order valence-electron chi connectivity index (χ2n) is 7.52. The van der Waals surface area contributed by atoms with Crippen molar-refractivity contribution in [2.24, 2.45) is 0 Å². The lowest BCUT2D eigenvalue weighted by Gasteiger charge is -2.45. The molecule has 1 aromatic rings. The number of rotatable bonds is 7. The molecule has 1 aromatic carbocycles. The second kappa shape index (κ2) is 8.66. The Hall–Kier alpha value is -2.52. The largest absolute Gasteiger partial charge is 0.497 e. The number of aliphatic hydroxyl groups is 2. The first kappa shape index (κ1) is 21.8. The smallest absolute Gasteiger partial charge is 0.411 e. The van der Waals surface area contributed by atoms with Crippen LogP contribution in [0.25, 0.3) is 0 Å². The maximum Gasteiger partial charge on any atom is 0.411 e. The highest BCUT2D eigenvalue weighted by molar-refractivity contribution is 5.92. The van der Waals surface area contributed by atoms with Crippen LogP contribution in [0.4, 0.5) is 4.79 Å². The molecule has 1 heterocycles. The Morgan fingerprint density at radius 2 is 1.96 bits per heavy atom. The van der Waals surface area contributed by atoms with E-state index in [0.29, 0.717) is 17.1 Å². The molecule has 0 spiro atoms. The van der Waals surface area contributed by atoms with Gasteiger partial charge in [-0.3, -0.25) is 9.69 Å². The van der Waals surface area contributed by atoms with Crippen molar-refractivity contribution in [3.63, 3.8) is 0 Å². The summed E-state index contributed by atoms with van der Waals surface area (Å²) in [6.45, 7) is 4.62. The zero-order valence-electron chi connectivity index (χ0n) is 16.8. The van der Waals surface area contributed by atoms with Crippen molar-refractivity contribution < 1.29 is 34.0 Å². The van der Waals surface area contributed by atoms with Crippen LogP contribution in [0.2, 0.25) is 0 Å². The number of amides is 2. The zero-order valence-corrected chi connectivity index (χ0v) is 16.8. The SMILES string of the molecule is COc1ccc(CN(C(=O)OC(C)(C)C)[C@@H]2C(=O)N[C@@H]2[C@@H](O)CO)c(OC)c1. The summed E-state index contributed by atoms with van der Waals surface area (Å²) in [5, 5.41) is 21.7. The van der Waals surface area contributed by atoms with Gasteiger partial charge in [-0.05, 0) is 32.9 Å². The molecule has 0 saturated carbocycles. The number of benzene rings is 1. The number of ether oxygens (including phenoxy) is 3. The van der Waals surface area contributed by atoms with E-state index in [2.05, 4.69) is 5.32 Å². The molecule has 3 atom stereocenters. The van der Waals surface area contributed by atoms with Gasteiger partial charge in [0.25, 0.3) is 0 Å². The highest BCUT2D eigenvalue weighted by Crippen LogP contribution is 2.29. The van der Waals surface area contributed by atoms with E-state index in [1.54, 1.807) is 39.0 Å². The molecule has 0 bridgehead atoms. The number of methoxy groups -OCH3 is 2. The molecule has 0 aliphatic carbocycles. The first-order valence-electron chi connectivity index (χ1n) is 8.91. The van der Waals surface area contributed by atoms with Gasteiger partial charge in [0.1, 0.15) is 23.1 Å². The lowest BCUT2D eigenvalue weighted by atomic mass is 9.92. The lowest BCUT2D eigenvalue weighted by Crippen LogP contribution is -2.73. The zero-order chi connectivity index (χ0) is 21.1. The predicted molar refractivity (Wildman–Crippen MR) is 100 cm³/mol. The van der Waals surface area contributed by atoms with Crippen molar-refractivity contribution in [1.29, 1.82) is 0 Å². The summed E-state index contributed by atoms with van der Waals surface area (Å²) in [7, 11) is 3.02. The first-order chi connectivity index (χ1) is 13.1. The van der Waals surface area contributed by atoms with Gasteiger partial charge in [0.2, 0.25) is 5.91 Å². The summed E-state index contributed by atoms with van der Waals surface area (Å²) in [6, 6.07) is 3.33. The number of nitrogens with one attached hydrogen (secondary N) is 1. The number of nitrogens with zero attached hydrogens (tertiary/aromatic N) is 1. The van der Waals surface area contributed by atoms with Gasteiger partial charge in [-0.2, -0.15) is 0 Å². The van der Waals surface area contributed by atoms with Gasteiger partial charge in [0.05, 0.1) is 39.5 Å². The van der Waals surface area contributed by atoms with Crippen LogP contribution in [-0.2, 0) is 16.1 Å². The Labute approximate surface area is 164 Å². The molecule has 2 rings (SSSR count). The van der Waals surface area contributed by atoms with Crippen LogP contribution in [0, 0.1) is 0 Å². The standard InChI is InChI=1S/C19H28N2O7/c1-19(2,3)28-18(25)21(16-15(13(23)10-22)20-17(16)24)9-11-6-7-12(26-4)8-14(11)27-5/h6-8,13,15-16,22-23H,9-10H2,1-5H3,(H,20,24)/t13-,15+,16-/m0/s1. The minimum absolute atomic E-state index is 0.00875. The van der Waals surface area contributed by atoms with Gasteiger partial charge >= 0.3 is 6.09 Å². The Morgan fingerprint density at radius 3 is 2.46 bits per heavy atom. The summed E-state index contributed by atoms with van der Waals surface area (Å²) in [4.78, 5) is 26.3. The topological polar surface area (TPSA) is 118 Å². The van der Waals surface area contributed by atoms with Crippen LogP contribution >= 0.6 is 0 Å². The van der Waals surface area contributed by atoms with Crippen molar-refractivity contribution in [3.8, 4) is 11.5 Å². The van der Waals surface area contributed by atoms with E-state index in [1.807, 2.05) is 0 Å². The fourth-order valence-electron chi connectivity index (χ4n) is 2.91. The third-order valence-corrected chi connectivity index (χ3v) is 4.32. The average Bonchev–Trinajstić information content (AvgIpc) is 2.63. The predicted octanol–water partition coefficient (Wildman–Crippen LogP) is 0.661. The molecule has 1 fully saturated rings. The normalized spacial score (nSPS) is 19.9. The van der Waals surface area contributed by atoms with Crippen LogP contribution in [0.3, 0.4) is 0 Å². The van der Waals surface area contributed by atoms with Crippen LogP contribution in [0.15, 0.2) is 18.2 Å². The molecule has 3 N–H and O–H groups in total. The third-order valence-electron chi connectivity index (χ3n) is 4.32. The summed E-state index contributed by atoms with van der Waals surface area (Å²) >= 11 is 0. The number of hydrogen-bond acceptors (Lipinski definition) is 7. The maximum absolute atomic E-state index is 12.8. The number of carbonyl (C=O) groups excluding carboxylic acids is 2. The third kappa shape index (κ3) is 4.85. The molecule has 1 aliphatic rings. The lowest BCUT2D eigenvalue weighted by molar-refractivity contribution is -0.143. The molecule has 0 aromatic heterocycles. The molecule has 1 aliphatic heterocycles. The summed E-state index contributed by atoms with van der Waals surface area (Å²) in [5.74, 6) is 0.627. The van der Waals surface area contributed by atoms with E-state index < -0.39 is 42.4 Å².